The number of allylic oxidation sites excluding steroid dienone is 3. The van der Waals surface area contributed by atoms with Gasteiger partial charge in [0.25, 0.3) is 0 Å². The summed E-state index contributed by atoms with van der Waals surface area (Å²) in [7, 11) is 0. The minimum absolute atomic E-state index is 0.764. The highest BCUT2D eigenvalue weighted by molar-refractivity contribution is 5.50. The largest absolute Gasteiger partial charge is 0.325 e. The highest BCUT2D eigenvalue weighted by Crippen LogP contribution is 2.47. The molecule has 0 aromatic heterocycles. The van der Waals surface area contributed by atoms with Crippen LogP contribution in [0, 0.1) is 11.8 Å². The molecular formula is C7H8N2. The molecule has 9 heavy (non-hydrogen) atoms. The van der Waals surface area contributed by atoms with Crippen LogP contribution in [-0.2, 0) is 0 Å². The summed E-state index contributed by atoms with van der Waals surface area (Å²) in [6.45, 7) is 1.11. The van der Waals surface area contributed by atoms with E-state index in [0.29, 0.717) is 0 Å². The molecule has 2 aliphatic carbocycles. The fourth-order valence-electron chi connectivity index (χ4n) is 1.76. The van der Waals surface area contributed by atoms with Crippen molar-refractivity contribution in [1.82, 2.24) is 10.9 Å². The van der Waals surface area contributed by atoms with E-state index in [9.17, 15) is 0 Å². The normalized spacial score (nSPS) is 42.7. The van der Waals surface area contributed by atoms with E-state index in [-0.39, 0.29) is 0 Å². The third-order valence-corrected chi connectivity index (χ3v) is 2.36. The van der Waals surface area contributed by atoms with Gasteiger partial charge in [0.05, 0.1) is 0 Å². The summed E-state index contributed by atoms with van der Waals surface area (Å²) in [5.74, 6) is 1.57. The Balaban J connectivity index is 2.07. The lowest BCUT2D eigenvalue weighted by atomic mass is 10.0. The van der Waals surface area contributed by atoms with Gasteiger partial charge in [0.2, 0.25) is 0 Å². The van der Waals surface area contributed by atoms with Gasteiger partial charge in [0.1, 0.15) is 0 Å². The molecule has 0 bridgehead atoms. The number of nitrogens with one attached hydrogen (secondary N) is 2. The smallest absolute Gasteiger partial charge is 0.0318 e. The van der Waals surface area contributed by atoms with Crippen LogP contribution in [0.15, 0.2) is 23.4 Å². The average Bonchev–Trinajstić information content (AvgIpc) is 2.38. The molecule has 0 amide bonds. The quantitative estimate of drug-likeness (QED) is 0.476. The van der Waals surface area contributed by atoms with E-state index in [0.717, 1.165) is 18.4 Å². The summed E-state index contributed by atoms with van der Waals surface area (Å²) in [5.41, 5.74) is 9.23. The Kier molecular flexibility index (Phi) is 0.489. The zero-order valence-electron chi connectivity index (χ0n) is 5.02. The maximum Gasteiger partial charge on any atom is 0.0318 e. The molecular weight excluding hydrogens is 112 g/mol. The van der Waals surface area contributed by atoms with Gasteiger partial charge in [-0.3, -0.25) is 0 Å². The second-order valence-corrected chi connectivity index (χ2v) is 2.90. The van der Waals surface area contributed by atoms with E-state index < -0.39 is 0 Å². The van der Waals surface area contributed by atoms with Crippen LogP contribution in [0.1, 0.15) is 0 Å². The maximum atomic E-state index is 3.15. The molecule has 46 valence electrons. The zero-order chi connectivity index (χ0) is 5.84. The molecule has 2 N–H and O–H groups in total. The lowest BCUT2D eigenvalue weighted by Gasteiger charge is -2.00. The Hall–Kier alpha value is -0.760. The van der Waals surface area contributed by atoms with Crippen LogP contribution >= 0.6 is 0 Å². The van der Waals surface area contributed by atoms with E-state index in [1.54, 1.807) is 5.57 Å². The Morgan fingerprint density at radius 1 is 1.56 bits per heavy atom. The molecule has 1 aliphatic heterocycles. The molecule has 0 aromatic carbocycles. The van der Waals surface area contributed by atoms with Gasteiger partial charge in [0.15, 0.2) is 0 Å². The second-order valence-electron chi connectivity index (χ2n) is 2.90. The van der Waals surface area contributed by atoms with Gasteiger partial charge < -0.3 is 5.43 Å². The number of fused-ring (bicyclic) bond motifs is 3. The van der Waals surface area contributed by atoms with Crippen molar-refractivity contribution in [1.29, 1.82) is 0 Å². The third-order valence-electron chi connectivity index (χ3n) is 2.36. The topological polar surface area (TPSA) is 24.1 Å². The Morgan fingerprint density at radius 3 is 3.44 bits per heavy atom. The number of hydrogen-bond donors (Lipinski definition) is 2. The average molecular weight is 120 g/mol. The maximum absolute atomic E-state index is 3.15. The van der Waals surface area contributed by atoms with Crippen molar-refractivity contribution in [2.75, 3.05) is 6.54 Å². The lowest BCUT2D eigenvalue weighted by molar-refractivity contribution is 0.612. The summed E-state index contributed by atoms with van der Waals surface area (Å²) in [6, 6.07) is 0. The summed E-state index contributed by atoms with van der Waals surface area (Å²) in [4.78, 5) is 0. The number of rotatable bonds is 0. The Labute approximate surface area is 53.6 Å². The first-order chi connectivity index (χ1) is 4.45. The zero-order valence-corrected chi connectivity index (χ0v) is 5.02. The van der Waals surface area contributed by atoms with E-state index in [2.05, 4.69) is 23.0 Å². The standard InChI is InChI=1S/C7H8N2/c1-4-2-7-6(5(1)4)3-8-9-7/h1-2,5-6,8-9H,3H2. The van der Waals surface area contributed by atoms with E-state index >= 15 is 0 Å². The molecule has 3 rings (SSSR count). The first kappa shape index (κ1) is 4.12. The van der Waals surface area contributed by atoms with Crippen molar-refractivity contribution < 1.29 is 0 Å². The minimum Gasteiger partial charge on any atom is -0.325 e. The van der Waals surface area contributed by atoms with Crippen molar-refractivity contribution in [3.63, 3.8) is 0 Å². The lowest BCUT2D eigenvalue weighted by Crippen LogP contribution is -2.20. The van der Waals surface area contributed by atoms with Crippen LogP contribution in [0.2, 0.25) is 0 Å². The molecule has 1 saturated heterocycles. The molecule has 2 atom stereocenters. The van der Waals surface area contributed by atoms with Gasteiger partial charge in [-0.05, 0) is 11.6 Å². The van der Waals surface area contributed by atoms with Crippen molar-refractivity contribution in [2.24, 2.45) is 11.8 Å². The van der Waals surface area contributed by atoms with E-state index in [1.807, 2.05) is 0 Å². The summed E-state index contributed by atoms with van der Waals surface area (Å²) in [5, 5.41) is 0. The summed E-state index contributed by atoms with van der Waals surface area (Å²) in [6.07, 6.45) is 4.60. The highest BCUT2D eigenvalue weighted by Gasteiger charge is 2.42. The SMILES string of the molecule is C1=C2C=C3NNCC3C12. The molecule has 1 fully saturated rings. The van der Waals surface area contributed by atoms with Crippen LogP contribution in [0.3, 0.4) is 0 Å². The summed E-state index contributed by atoms with van der Waals surface area (Å²) < 4.78 is 0. The fourth-order valence-corrected chi connectivity index (χ4v) is 1.76. The van der Waals surface area contributed by atoms with Gasteiger partial charge in [-0.1, -0.05) is 6.08 Å². The highest BCUT2D eigenvalue weighted by atomic mass is 15.4. The van der Waals surface area contributed by atoms with E-state index in [1.165, 1.54) is 5.70 Å². The van der Waals surface area contributed by atoms with Crippen molar-refractivity contribution in [3.05, 3.63) is 23.4 Å². The van der Waals surface area contributed by atoms with Gasteiger partial charge in [0, 0.05) is 24.1 Å². The van der Waals surface area contributed by atoms with Crippen molar-refractivity contribution in [3.8, 4) is 0 Å². The predicted molar refractivity (Wildman–Crippen MR) is 34.3 cm³/mol. The van der Waals surface area contributed by atoms with Crippen LogP contribution in [0.4, 0.5) is 0 Å². The second kappa shape index (κ2) is 1.07. The molecule has 0 spiro atoms. The van der Waals surface area contributed by atoms with Gasteiger partial charge in [-0.25, -0.2) is 5.43 Å². The Bertz CT molecular complexity index is 227. The molecule has 0 saturated carbocycles. The molecule has 2 nitrogen and oxygen atoms in total. The molecule has 0 aromatic rings. The van der Waals surface area contributed by atoms with Crippen LogP contribution < -0.4 is 10.9 Å². The minimum atomic E-state index is 0.764. The molecule has 2 heteroatoms. The monoisotopic (exact) mass is 120 g/mol. The number of hydrazine groups is 1. The van der Waals surface area contributed by atoms with Crippen molar-refractivity contribution in [2.45, 2.75) is 0 Å². The Morgan fingerprint density at radius 2 is 2.56 bits per heavy atom. The predicted octanol–water partition coefficient (Wildman–Crippen LogP) is 0.164. The summed E-state index contributed by atoms with van der Waals surface area (Å²) >= 11 is 0. The van der Waals surface area contributed by atoms with Crippen LogP contribution in [-0.4, -0.2) is 6.54 Å². The van der Waals surface area contributed by atoms with Crippen molar-refractivity contribution >= 4 is 0 Å². The fraction of sp³-hybridized carbons (Fsp3) is 0.429. The third kappa shape index (κ3) is 0.368. The molecule has 3 aliphatic rings. The van der Waals surface area contributed by atoms with Gasteiger partial charge in [-0.15, -0.1) is 0 Å². The van der Waals surface area contributed by atoms with Gasteiger partial charge >= 0.3 is 0 Å². The van der Waals surface area contributed by atoms with Crippen LogP contribution in [0.5, 0.6) is 0 Å². The van der Waals surface area contributed by atoms with Gasteiger partial charge in [-0.2, -0.15) is 0 Å². The molecule has 1 heterocycles. The molecule has 2 unspecified atom stereocenters. The van der Waals surface area contributed by atoms with Crippen LogP contribution in [0.25, 0.3) is 0 Å². The van der Waals surface area contributed by atoms with E-state index in [4.69, 9.17) is 0 Å². The molecule has 0 radical (unpaired) electrons. The number of hydrogen-bond acceptors (Lipinski definition) is 2. The first-order valence-electron chi connectivity index (χ1n) is 3.37. The first-order valence-corrected chi connectivity index (χ1v) is 3.37.